The van der Waals surface area contributed by atoms with E-state index in [0.29, 0.717) is 13.0 Å². The molecular formula is C17H23NO3S. The maximum absolute atomic E-state index is 12.7. The fourth-order valence-electron chi connectivity index (χ4n) is 2.68. The number of rotatable bonds is 6. The van der Waals surface area contributed by atoms with Gasteiger partial charge in [0.1, 0.15) is 6.04 Å². The summed E-state index contributed by atoms with van der Waals surface area (Å²) < 4.78 is 0. The van der Waals surface area contributed by atoms with Crippen molar-refractivity contribution in [1.29, 1.82) is 0 Å². The fourth-order valence-corrected chi connectivity index (χ4v) is 3.77. The molecule has 0 saturated heterocycles. The van der Waals surface area contributed by atoms with Crippen molar-refractivity contribution in [2.75, 3.05) is 5.75 Å². The molecule has 1 aliphatic heterocycles. The molecule has 2 unspecified atom stereocenters. The number of aliphatic carboxylic acids is 1. The van der Waals surface area contributed by atoms with Gasteiger partial charge in [-0.2, -0.15) is 0 Å². The van der Waals surface area contributed by atoms with Gasteiger partial charge in [-0.25, -0.2) is 4.79 Å². The quantitative estimate of drug-likeness (QED) is 0.819. The zero-order chi connectivity index (χ0) is 16.1. The Kier molecular flexibility index (Phi) is 5.89. The Bertz CT molecular complexity index is 546. The highest BCUT2D eigenvalue weighted by atomic mass is 32.2. The predicted molar refractivity (Wildman–Crippen MR) is 88.9 cm³/mol. The molecule has 120 valence electrons. The van der Waals surface area contributed by atoms with Crippen molar-refractivity contribution in [2.24, 2.45) is 0 Å². The number of nitrogens with zero attached hydrogens (tertiary/aromatic N) is 1. The van der Waals surface area contributed by atoms with Crippen molar-refractivity contribution < 1.29 is 14.7 Å². The molecule has 0 aromatic heterocycles. The lowest BCUT2D eigenvalue weighted by Crippen LogP contribution is -2.51. The van der Waals surface area contributed by atoms with E-state index in [9.17, 15) is 14.7 Å². The van der Waals surface area contributed by atoms with Crippen molar-refractivity contribution in [2.45, 2.75) is 50.9 Å². The summed E-state index contributed by atoms with van der Waals surface area (Å²) in [7, 11) is 0. The van der Waals surface area contributed by atoms with Crippen LogP contribution in [0.1, 0.15) is 37.8 Å². The number of amides is 1. The number of carboxylic acid groups (broad SMARTS) is 1. The minimum absolute atomic E-state index is 0.0667. The lowest BCUT2D eigenvalue weighted by Gasteiger charge is -2.35. The number of hydrogen-bond donors (Lipinski definition) is 1. The Balaban J connectivity index is 2.13. The van der Waals surface area contributed by atoms with Gasteiger partial charge in [-0.15, -0.1) is 11.8 Å². The Labute approximate surface area is 135 Å². The molecule has 1 aromatic rings. The summed E-state index contributed by atoms with van der Waals surface area (Å²) in [5, 5.41) is 9.28. The number of benzene rings is 1. The van der Waals surface area contributed by atoms with Crippen LogP contribution in [0.2, 0.25) is 0 Å². The molecular weight excluding hydrogens is 298 g/mol. The van der Waals surface area contributed by atoms with Gasteiger partial charge in [-0.1, -0.05) is 37.6 Å². The van der Waals surface area contributed by atoms with Gasteiger partial charge in [0.15, 0.2) is 0 Å². The predicted octanol–water partition coefficient (Wildman–Crippen LogP) is 2.95. The molecule has 4 nitrogen and oxygen atoms in total. The van der Waals surface area contributed by atoms with Gasteiger partial charge in [0, 0.05) is 13.0 Å². The summed E-state index contributed by atoms with van der Waals surface area (Å²) in [6.07, 6.45) is 2.57. The second-order valence-electron chi connectivity index (χ2n) is 5.66. The first-order chi connectivity index (χ1) is 10.5. The third-order valence-electron chi connectivity index (χ3n) is 4.03. The molecule has 2 rings (SSSR count). The Morgan fingerprint density at radius 2 is 2.05 bits per heavy atom. The smallest absolute Gasteiger partial charge is 0.326 e. The van der Waals surface area contributed by atoms with E-state index in [4.69, 9.17) is 0 Å². The van der Waals surface area contributed by atoms with Crippen LogP contribution >= 0.6 is 11.8 Å². The maximum Gasteiger partial charge on any atom is 0.326 e. The number of fused-ring (bicyclic) bond motifs is 1. The van der Waals surface area contributed by atoms with Crippen LogP contribution in [0.4, 0.5) is 0 Å². The van der Waals surface area contributed by atoms with Crippen LogP contribution in [-0.2, 0) is 22.6 Å². The van der Waals surface area contributed by atoms with Crippen LogP contribution in [0, 0.1) is 0 Å². The van der Waals surface area contributed by atoms with Gasteiger partial charge in [-0.05, 0) is 30.2 Å². The first kappa shape index (κ1) is 16.9. The van der Waals surface area contributed by atoms with Gasteiger partial charge in [0.25, 0.3) is 0 Å². The van der Waals surface area contributed by atoms with Crippen molar-refractivity contribution in [1.82, 2.24) is 4.90 Å². The third kappa shape index (κ3) is 3.83. The molecule has 0 aliphatic carbocycles. The number of hydrogen-bond acceptors (Lipinski definition) is 3. The molecule has 1 N–H and O–H groups in total. The fraction of sp³-hybridized carbons (Fsp3) is 0.529. The molecule has 1 amide bonds. The summed E-state index contributed by atoms with van der Waals surface area (Å²) in [5.74, 6) is -0.0532. The zero-order valence-electron chi connectivity index (χ0n) is 13.1. The number of carboxylic acids is 1. The lowest BCUT2D eigenvalue weighted by atomic mass is 9.94. The molecule has 0 bridgehead atoms. The molecule has 2 atom stereocenters. The highest BCUT2D eigenvalue weighted by Crippen LogP contribution is 2.26. The minimum Gasteiger partial charge on any atom is -0.480 e. The standard InChI is InChI=1S/C17H23NO3S/c1-3-4-9-22-12(2)16(19)18-11-14-8-6-5-7-13(14)10-15(18)17(20)21/h5-8,12,15H,3-4,9-11H2,1-2H3,(H,20,21). The summed E-state index contributed by atoms with van der Waals surface area (Å²) in [5.41, 5.74) is 2.09. The van der Waals surface area contributed by atoms with Crippen LogP contribution in [0.3, 0.4) is 0 Å². The van der Waals surface area contributed by atoms with Gasteiger partial charge in [0.05, 0.1) is 5.25 Å². The van der Waals surface area contributed by atoms with Crippen LogP contribution in [-0.4, -0.2) is 38.9 Å². The van der Waals surface area contributed by atoms with E-state index in [2.05, 4.69) is 6.92 Å². The summed E-state index contributed by atoms with van der Waals surface area (Å²) in [6.45, 7) is 4.39. The number of carbonyl (C=O) groups is 2. The number of thioether (sulfide) groups is 1. The van der Waals surface area contributed by atoms with E-state index in [1.807, 2.05) is 31.2 Å². The summed E-state index contributed by atoms with van der Waals surface area (Å²) in [6, 6.07) is 7.02. The molecule has 0 spiro atoms. The van der Waals surface area contributed by atoms with Crippen molar-refractivity contribution in [3.05, 3.63) is 35.4 Å². The SMILES string of the molecule is CCCCSC(C)C(=O)N1Cc2ccccc2CC1C(=O)O. The molecule has 1 aliphatic rings. The number of carbonyl (C=O) groups excluding carboxylic acids is 1. The molecule has 5 heteroatoms. The van der Waals surface area contributed by atoms with Crippen LogP contribution in [0.15, 0.2) is 24.3 Å². The van der Waals surface area contributed by atoms with Crippen molar-refractivity contribution >= 4 is 23.6 Å². The highest BCUT2D eigenvalue weighted by Gasteiger charge is 2.36. The Morgan fingerprint density at radius 3 is 2.68 bits per heavy atom. The molecule has 0 radical (unpaired) electrons. The number of unbranched alkanes of at least 4 members (excludes halogenated alkanes) is 1. The van der Waals surface area contributed by atoms with Crippen molar-refractivity contribution in [3.63, 3.8) is 0 Å². The van der Waals surface area contributed by atoms with E-state index in [-0.39, 0.29) is 11.2 Å². The van der Waals surface area contributed by atoms with E-state index >= 15 is 0 Å². The normalized spacial score (nSPS) is 18.6. The highest BCUT2D eigenvalue weighted by molar-refractivity contribution is 8.00. The Morgan fingerprint density at radius 1 is 1.36 bits per heavy atom. The largest absolute Gasteiger partial charge is 0.480 e. The topological polar surface area (TPSA) is 57.6 Å². The molecule has 0 saturated carbocycles. The first-order valence-corrected chi connectivity index (χ1v) is 8.81. The first-order valence-electron chi connectivity index (χ1n) is 7.76. The van der Waals surface area contributed by atoms with Crippen molar-refractivity contribution in [3.8, 4) is 0 Å². The van der Waals surface area contributed by atoms with Crippen LogP contribution < -0.4 is 0 Å². The van der Waals surface area contributed by atoms with Gasteiger partial charge in [0.2, 0.25) is 5.91 Å². The minimum atomic E-state index is -0.923. The molecule has 0 fully saturated rings. The monoisotopic (exact) mass is 321 g/mol. The van der Waals surface area contributed by atoms with Gasteiger partial charge in [-0.3, -0.25) is 4.79 Å². The Hall–Kier alpha value is -1.49. The maximum atomic E-state index is 12.7. The average molecular weight is 321 g/mol. The van der Waals surface area contributed by atoms with E-state index in [1.165, 1.54) is 4.90 Å². The second kappa shape index (κ2) is 7.68. The van der Waals surface area contributed by atoms with E-state index in [1.54, 1.807) is 11.8 Å². The lowest BCUT2D eigenvalue weighted by molar-refractivity contribution is -0.151. The second-order valence-corrected chi connectivity index (χ2v) is 7.11. The van der Waals surface area contributed by atoms with Gasteiger partial charge >= 0.3 is 5.97 Å². The van der Waals surface area contributed by atoms with Crippen LogP contribution in [0.25, 0.3) is 0 Å². The van der Waals surface area contributed by atoms with Crippen LogP contribution in [0.5, 0.6) is 0 Å². The van der Waals surface area contributed by atoms with E-state index in [0.717, 1.165) is 29.7 Å². The summed E-state index contributed by atoms with van der Waals surface area (Å²) in [4.78, 5) is 25.8. The average Bonchev–Trinajstić information content (AvgIpc) is 2.52. The molecule has 22 heavy (non-hydrogen) atoms. The molecule has 1 heterocycles. The molecule has 1 aromatic carbocycles. The van der Waals surface area contributed by atoms with Gasteiger partial charge < -0.3 is 10.0 Å². The third-order valence-corrected chi connectivity index (χ3v) is 5.26. The van der Waals surface area contributed by atoms with E-state index < -0.39 is 12.0 Å². The zero-order valence-corrected chi connectivity index (χ0v) is 13.9. The summed E-state index contributed by atoms with van der Waals surface area (Å²) >= 11 is 1.61.